The molecule has 4 nitrogen and oxygen atoms in total. The van der Waals surface area contributed by atoms with Crippen molar-refractivity contribution in [2.45, 2.75) is 50.4 Å². The highest BCUT2D eigenvalue weighted by atomic mass is 32.2. The van der Waals surface area contributed by atoms with Crippen LogP contribution in [-0.4, -0.2) is 16.2 Å². The molecule has 1 aromatic carbocycles. The number of aromatic nitrogens is 2. The first kappa shape index (κ1) is 14.1. The molecule has 0 aliphatic rings. The van der Waals surface area contributed by atoms with Crippen molar-refractivity contribution >= 4 is 11.8 Å². The Balaban J connectivity index is 2.06. The van der Waals surface area contributed by atoms with Gasteiger partial charge in [0, 0.05) is 24.4 Å². The Kier molecular flexibility index (Phi) is 4.61. The van der Waals surface area contributed by atoms with Crippen LogP contribution in [0.5, 0.6) is 0 Å². The molecule has 0 saturated carbocycles. The van der Waals surface area contributed by atoms with E-state index >= 15 is 0 Å². The van der Waals surface area contributed by atoms with Gasteiger partial charge in [0.2, 0.25) is 5.89 Å². The van der Waals surface area contributed by atoms with Crippen LogP contribution in [0.15, 0.2) is 32.7 Å². The van der Waals surface area contributed by atoms with Crippen molar-refractivity contribution in [3.05, 3.63) is 35.2 Å². The van der Waals surface area contributed by atoms with Crippen LogP contribution >= 0.6 is 11.8 Å². The minimum atomic E-state index is 0.495. The standard InChI is InChI=1S/C14H19N3OS/c1-9(2)15-8-12-5-6-13(7-10(12)3)19-14-17-16-11(4)18-14/h5-7,9,15H,8H2,1-4H3. The van der Waals surface area contributed by atoms with Crippen LogP contribution < -0.4 is 5.32 Å². The summed E-state index contributed by atoms with van der Waals surface area (Å²) in [5.74, 6) is 0.594. The zero-order valence-electron chi connectivity index (χ0n) is 11.7. The van der Waals surface area contributed by atoms with Crippen molar-refractivity contribution in [3.63, 3.8) is 0 Å². The maximum atomic E-state index is 5.36. The number of benzene rings is 1. The van der Waals surface area contributed by atoms with Crippen molar-refractivity contribution in [1.29, 1.82) is 0 Å². The average Bonchev–Trinajstić information content (AvgIpc) is 2.73. The van der Waals surface area contributed by atoms with Crippen molar-refractivity contribution in [3.8, 4) is 0 Å². The van der Waals surface area contributed by atoms with Crippen molar-refractivity contribution in [2.24, 2.45) is 0 Å². The van der Waals surface area contributed by atoms with Crippen LogP contribution in [0.4, 0.5) is 0 Å². The Labute approximate surface area is 118 Å². The number of aryl methyl sites for hydroxylation is 2. The lowest BCUT2D eigenvalue weighted by Crippen LogP contribution is -2.22. The lowest BCUT2D eigenvalue weighted by atomic mass is 10.1. The Morgan fingerprint density at radius 2 is 2.05 bits per heavy atom. The van der Waals surface area contributed by atoms with Crippen LogP contribution in [0.2, 0.25) is 0 Å². The van der Waals surface area contributed by atoms with E-state index in [2.05, 4.69) is 54.5 Å². The average molecular weight is 277 g/mol. The van der Waals surface area contributed by atoms with Crippen LogP contribution in [0.25, 0.3) is 0 Å². The summed E-state index contributed by atoms with van der Waals surface area (Å²) < 4.78 is 5.36. The molecule has 2 rings (SSSR count). The Bertz CT molecular complexity index is 551. The second-order valence-electron chi connectivity index (χ2n) is 4.81. The molecule has 0 amide bonds. The highest BCUT2D eigenvalue weighted by molar-refractivity contribution is 7.99. The van der Waals surface area contributed by atoms with Gasteiger partial charge in [-0.1, -0.05) is 19.9 Å². The molecule has 1 aromatic heterocycles. The molecule has 0 bridgehead atoms. The quantitative estimate of drug-likeness (QED) is 0.908. The molecule has 0 fully saturated rings. The van der Waals surface area contributed by atoms with E-state index in [1.807, 2.05) is 0 Å². The predicted octanol–water partition coefficient (Wildman–Crippen LogP) is 3.34. The number of nitrogens with zero attached hydrogens (tertiary/aromatic N) is 2. The summed E-state index contributed by atoms with van der Waals surface area (Å²) in [7, 11) is 0. The summed E-state index contributed by atoms with van der Waals surface area (Å²) >= 11 is 1.49. The van der Waals surface area contributed by atoms with E-state index in [0.29, 0.717) is 17.2 Å². The molecule has 2 aromatic rings. The van der Waals surface area contributed by atoms with Gasteiger partial charge in [-0.2, -0.15) is 0 Å². The fourth-order valence-corrected chi connectivity index (χ4v) is 2.48. The zero-order valence-corrected chi connectivity index (χ0v) is 12.5. The molecule has 0 unspecified atom stereocenters. The van der Waals surface area contributed by atoms with Gasteiger partial charge in [-0.25, -0.2) is 0 Å². The molecule has 0 radical (unpaired) electrons. The number of hydrogen-bond donors (Lipinski definition) is 1. The lowest BCUT2D eigenvalue weighted by molar-refractivity contribution is 0.429. The number of rotatable bonds is 5. The monoisotopic (exact) mass is 277 g/mol. The summed E-state index contributed by atoms with van der Waals surface area (Å²) in [5.41, 5.74) is 2.59. The van der Waals surface area contributed by atoms with Gasteiger partial charge in [-0.05, 0) is 41.9 Å². The van der Waals surface area contributed by atoms with E-state index in [1.165, 1.54) is 22.9 Å². The maximum Gasteiger partial charge on any atom is 0.281 e. The number of hydrogen-bond acceptors (Lipinski definition) is 5. The molecule has 0 aliphatic carbocycles. The summed E-state index contributed by atoms with van der Waals surface area (Å²) in [5, 5.41) is 11.8. The largest absolute Gasteiger partial charge is 0.416 e. The third-order valence-corrected chi connectivity index (χ3v) is 3.56. The lowest BCUT2D eigenvalue weighted by Gasteiger charge is -2.11. The van der Waals surface area contributed by atoms with Crippen molar-refractivity contribution in [2.75, 3.05) is 0 Å². The summed E-state index contributed by atoms with van der Waals surface area (Å²) in [4.78, 5) is 1.12. The summed E-state index contributed by atoms with van der Waals surface area (Å²) in [6, 6.07) is 6.89. The van der Waals surface area contributed by atoms with Gasteiger partial charge in [0.25, 0.3) is 5.22 Å². The second kappa shape index (κ2) is 6.21. The van der Waals surface area contributed by atoms with Crippen LogP contribution in [0, 0.1) is 13.8 Å². The number of nitrogens with one attached hydrogen (secondary N) is 1. The maximum absolute atomic E-state index is 5.36. The van der Waals surface area contributed by atoms with E-state index in [4.69, 9.17) is 4.42 Å². The first-order valence-electron chi connectivity index (χ1n) is 6.35. The van der Waals surface area contributed by atoms with Crippen LogP contribution in [-0.2, 0) is 6.54 Å². The van der Waals surface area contributed by atoms with Gasteiger partial charge in [0.1, 0.15) is 0 Å². The van der Waals surface area contributed by atoms with E-state index in [1.54, 1.807) is 6.92 Å². The fourth-order valence-electron chi connectivity index (χ4n) is 1.66. The molecule has 0 aliphatic heterocycles. The second-order valence-corrected chi connectivity index (χ2v) is 5.84. The Hall–Kier alpha value is -1.33. The van der Waals surface area contributed by atoms with Gasteiger partial charge in [-0.15, -0.1) is 10.2 Å². The molecule has 0 saturated heterocycles. The van der Waals surface area contributed by atoms with Crippen LogP contribution in [0.1, 0.15) is 30.9 Å². The topological polar surface area (TPSA) is 51.0 Å². The summed E-state index contributed by atoms with van der Waals surface area (Å²) in [6.45, 7) is 9.12. The highest BCUT2D eigenvalue weighted by Crippen LogP contribution is 2.27. The molecular weight excluding hydrogens is 258 g/mol. The minimum Gasteiger partial charge on any atom is -0.416 e. The molecule has 5 heteroatoms. The van der Waals surface area contributed by atoms with E-state index in [0.717, 1.165) is 11.4 Å². The minimum absolute atomic E-state index is 0.495. The van der Waals surface area contributed by atoms with E-state index in [-0.39, 0.29) is 0 Å². The van der Waals surface area contributed by atoms with Crippen LogP contribution in [0.3, 0.4) is 0 Å². The summed E-state index contributed by atoms with van der Waals surface area (Å²) in [6.07, 6.45) is 0. The van der Waals surface area contributed by atoms with Gasteiger partial charge in [-0.3, -0.25) is 0 Å². The molecule has 0 spiro atoms. The highest BCUT2D eigenvalue weighted by Gasteiger charge is 2.07. The molecular formula is C14H19N3OS. The normalized spacial score (nSPS) is 11.2. The molecule has 0 atom stereocenters. The Morgan fingerprint density at radius 1 is 1.26 bits per heavy atom. The third-order valence-electron chi connectivity index (χ3n) is 2.73. The van der Waals surface area contributed by atoms with Crippen molar-refractivity contribution < 1.29 is 4.42 Å². The van der Waals surface area contributed by atoms with Gasteiger partial charge in [0.05, 0.1) is 0 Å². The third kappa shape index (κ3) is 4.08. The molecule has 19 heavy (non-hydrogen) atoms. The zero-order chi connectivity index (χ0) is 13.8. The molecule has 1 heterocycles. The fraction of sp³-hybridized carbons (Fsp3) is 0.429. The molecule has 102 valence electrons. The molecule has 1 N–H and O–H groups in total. The van der Waals surface area contributed by atoms with E-state index in [9.17, 15) is 0 Å². The van der Waals surface area contributed by atoms with Gasteiger partial charge in [0.15, 0.2) is 0 Å². The van der Waals surface area contributed by atoms with Crippen molar-refractivity contribution in [1.82, 2.24) is 15.5 Å². The predicted molar refractivity (Wildman–Crippen MR) is 76.3 cm³/mol. The smallest absolute Gasteiger partial charge is 0.281 e. The van der Waals surface area contributed by atoms with Gasteiger partial charge >= 0.3 is 0 Å². The Morgan fingerprint density at radius 3 is 2.63 bits per heavy atom. The first-order chi connectivity index (χ1) is 9.04. The SMILES string of the molecule is Cc1nnc(Sc2ccc(CNC(C)C)c(C)c2)o1. The van der Waals surface area contributed by atoms with E-state index < -0.39 is 0 Å². The van der Waals surface area contributed by atoms with Gasteiger partial charge < -0.3 is 9.73 Å². The first-order valence-corrected chi connectivity index (χ1v) is 7.17.